The molecule has 0 bridgehead atoms. The summed E-state index contributed by atoms with van der Waals surface area (Å²) in [5.74, 6) is -0.840. The van der Waals surface area contributed by atoms with Gasteiger partial charge in [0.1, 0.15) is 34.7 Å². The van der Waals surface area contributed by atoms with E-state index in [9.17, 15) is 34.2 Å². The van der Waals surface area contributed by atoms with Crippen LogP contribution in [0.15, 0.2) is 72.8 Å². The third-order valence-electron chi connectivity index (χ3n) is 9.42. The number of cyclic esters (lactones) is 2. The number of carbonyl (C=O) groups is 5. The van der Waals surface area contributed by atoms with Gasteiger partial charge in [-0.2, -0.15) is 0 Å². The number of phenolic OH excluding ortho intramolecular Hbond substituents is 3. The average Bonchev–Trinajstić information content (AvgIpc) is 3.93. The standard InChI is InChI=1S/C15H22N2O2.C9H6O3.C9H10O.C8H4O4.B/c1-10(17-15(18)16-3)11(2)19-14-9-5-7-12-6-4-8-13(12)14;10-6-3-1-2-5-7(11)4-8(12)9(5)6;10-9-6-2-4-7-3-1-5-8(7)9;9-5-3-1-2-4-6(5)8(11)12-7(4)10;/h5,7,9-11H,4,6,8H2,1-3H3,(H2,16,17,18);1-3,10H,4H2;2,4,6,10H,1,3,5H2;1-3,9H;. The fourth-order valence-electron chi connectivity index (χ4n) is 6.50. The largest absolute Gasteiger partial charge is 0.508 e. The number of phenols is 3. The molecule has 2 atom stereocenters. The van der Waals surface area contributed by atoms with Crippen molar-refractivity contribution < 1.29 is 48.8 Å². The van der Waals surface area contributed by atoms with Crippen molar-refractivity contribution in [2.75, 3.05) is 7.05 Å². The minimum absolute atomic E-state index is 0. The maximum atomic E-state index is 11.3. The summed E-state index contributed by atoms with van der Waals surface area (Å²) >= 11 is 0. The summed E-state index contributed by atoms with van der Waals surface area (Å²) in [5.41, 5.74) is 5.85. The second kappa shape index (κ2) is 18.1. The van der Waals surface area contributed by atoms with E-state index >= 15 is 0 Å². The van der Waals surface area contributed by atoms with Gasteiger partial charge in [0.15, 0.2) is 11.6 Å². The molecule has 0 fully saturated rings. The first-order valence-electron chi connectivity index (χ1n) is 17.4. The van der Waals surface area contributed by atoms with Crippen LogP contribution in [0.2, 0.25) is 0 Å². The lowest BCUT2D eigenvalue weighted by Gasteiger charge is -2.23. The SMILES string of the molecule is CNC(=O)NC(C)C(C)Oc1cccc2c1CCC2.O=C1CC(=O)c2c(O)cccc21.O=C1OC(=O)c2c(O)cccc21.Oc1cccc2c1CCC2.[B]. The van der Waals surface area contributed by atoms with Crippen LogP contribution in [0.1, 0.15) is 96.8 Å². The number of benzene rings is 4. The van der Waals surface area contributed by atoms with Crippen molar-refractivity contribution in [2.45, 2.75) is 70.9 Å². The summed E-state index contributed by atoms with van der Waals surface area (Å²) in [6.45, 7) is 3.93. The molecule has 0 saturated carbocycles. The van der Waals surface area contributed by atoms with Gasteiger partial charge in [0, 0.05) is 21.0 Å². The number of Topliss-reactive ketones (excluding diaryl/α,β-unsaturated/α-hetero) is 2. The molecule has 54 heavy (non-hydrogen) atoms. The zero-order valence-electron chi connectivity index (χ0n) is 30.3. The molecule has 0 saturated heterocycles. The lowest BCUT2D eigenvalue weighted by atomic mass is 10.1. The minimum atomic E-state index is -0.784. The van der Waals surface area contributed by atoms with Crippen LogP contribution < -0.4 is 15.4 Å². The van der Waals surface area contributed by atoms with Gasteiger partial charge in [-0.25, -0.2) is 14.4 Å². The zero-order chi connectivity index (χ0) is 38.2. The lowest BCUT2D eigenvalue weighted by molar-refractivity contribution is 0.0442. The van der Waals surface area contributed by atoms with E-state index in [2.05, 4.69) is 27.5 Å². The summed E-state index contributed by atoms with van der Waals surface area (Å²) < 4.78 is 10.3. The highest BCUT2D eigenvalue weighted by Crippen LogP contribution is 2.32. The number of fused-ring (bicyclic) bond motifs is 4. The lowest BCUT2D eigenvalue weighted by Crippen LogP contribution is -2.46. The first-order valence-corrected chi connectivity index (χ1v) is 17.4. The molecule has 4 aliphatic rings. The van der Waals surface area contributed by atoms with Gasteiger partial charge in [-0.3, -0.25) is 9.59 Å². The van der Waals surface area contributed by atoms with Crippen molar-refractivity contribution in [1.29, 1.82) is 0 Å². The zero-order valence-corrected chi connectivity index (χ0v) is 30.3. The van der Waals surface area contributed by atoms with Crippen LogP contribution in [0.4, 0.5) is 4.79 Å². The van der Waals surface area contributed by atoms with Crippen molar-refractivity contribution >= 4 is 37.9 Å². The summed E-state index contributed by atoms with van der Waals surface area (Å²) in [5, 5.41) is 33.1. The van der Waals surface area contributed by atoms with Gasteiger partial charge in [0.25, 0.3) is 0 Å². The number of aromatic hydroxyl groups is 3. The third kappa shape index (κ3) is 9.27. The molecule has 4 aromatic rings. The van der Waals surface area contributed by atoms with Crippen LogP contribution in [0.25, 0.3) is 0 Å². The Labute approximate surface area is 315 Å². The Hall–Kier alpha value is -6.11. The van der Waals surface area contributed by atoms with E-state index in [1.165, 1.54) is 59.4 Å². The second-order valence-corrected chi connectivity index (χ2v) is 13.0. The Balaban J connectivity index is 0.000000164. The molecule has 8 rings (SSSR count). The highest BCUT2D eigenvalue weighted by molar-refractivity contribution is 6.25. The molecular weight excluding hydrogens is 691 g/mol. The maximum absolute atomic E-state index is 11.3. The Morgan fingerprint density at radius 3 is 1.85 bits per heavy atom. The first-order chi connectivity index (χ1) is 25.4. The molecule has 2 unspecified atom stereocenters. The summed E-state index contributed by atoms with van der Waals surface area (Å²) in [6.07, 6.45) is 6.67. The quantitative estimate of drug-likeness (QED) is 0.100. The normalized spacial score (nSPS) is 15.1. The number of aryl methyl sites for hydroxylation is 2. The van der Waals surface area contributed by atoms with Crippen molar-refractivity contribution in [3.63, 3.8) is 0 Å². The fraction of sp³-hybridized carbons (Fsp3) is 0.293. The average molecular weight is 734 g/mol. The van der Waals surface area contributed by atoms with Crippen LogP contribution in [0, 0.1) is 0 Å². The van der Waals surface area contributed by atoms with Crippen LogP contribution in [-0.2, 0) is 30.4 Å². The number of amides is 2. The second-order valence-electron chi connectivity index (χ2n) is 13.0. The van der Waals surface area contributed by atoms with E-state index < -0.39 is 11.9 Å². The topological polar surface area (TPSA) is 189 Å². The molecule has 1 heterocycles. The molecule has 5 N–H and O–H groups in total. The highest BCUT2D eigenvalue weighted by atomic mass is 16.6. The number of esters is 2. The fourth-order valence-corrected chi connectivity index (χ4v) is 6.50. The number of hydrogen-bond acceptors (Lipinski definition) is 10. The van der Waals surface area contributed by atoms with Crippen molar-refractivity contribution in [2.24, 2.45) is 0 Å². The van der Waals surface area contributed by atoms with Crippen molar-refractivity contribution in [1.82, 2.24) is 10.6 Å². The number of hydrogen-bond donors (Lipinski definition) is 5. The van der Waals surface area contributed by atoms with Crippen LogP contribution >= 0.6 is 0 Å². The summed E-state index contributed by atoms with van der Waals surface area (Å²) in [4.78, 5) is 55.3. The number of nitrogens with one attached hydrogen (secondary N) is 2. The Morgan fingerprint density at radius 1 is 0.685 bits per heavy atom. The summed E-state index contributed by atoms with van der Waals surface area (Å²) in [7, 11) is 1.61. The highest BCUT2D eigenvalue weighted by Gasteiger charge is 2.32. The number of urea groups is 1. The molecular formula is C41H42BN2O10. The molecule has 1 aliphatic heterocycles. The number of rotatable bonds is 4. The minimum Gasteiger partial charge on any atom is -0.508 e. The van der Waals surface area contributed by atoms with Crippen molar-refractivity contribution in [3.8, 4) is 23.0 Å². The summed E-state index contributed by atoms with van der Waals surface area (Å²) in [6, 6.07) is 20.6. The van der Waals surface area contributed by atoms with Gasteiger partial charge < -0.3 is 35.4 Å². The van der Waals surface area contributed by atoms with Gasteiger partial charge in [0.2, 0.25) is 0 Å². The third-order valence-corrected chi connectivity index (χ3v) is 9.42. The smallest absolute Gasteiger partial charge is 0.350 e. The van der Waals surface area contributed by atoms with E-state index in [0.717, 1.165) is 31.4 Å². The molecule has 12 nitrogen and oxygen atoms in total. The Bertz CT molecular complexity index is 1990. The number of carbonyl (C=O) groups excluding carboxylic acids is 5. The number of ketones is 2. The van der Waals surface area contributed by atoms with Crippen molar-refractivity contribution in [3.05, 3.63) is 117 Å². The predicted molar refractivity (Wildman–Crippen MR) is 201 cm³/mol. The van der Waals surface area contributed by atoms with Gasteiger partial charge in [-0.15, -0.1) is 0 Å². The Kier molecular flexibility index (Phi) is 13.6. The monoisotopic (exact) mass is 733 g/mol. The molecule has 0 aromatic heterocycles. The molecule has 3 aliphatic carbocycles. The maximum Gasteiger partial charge on any atom is 0.350 e. The van der Waals surface area contributed by atoms with Crippen LogP contribution in [0.5, 0.6) is 23.0 Å². The molecule has 2 amide bonds. The Morgan fingerprint density at radius 2 is 1.24 bits per heavy atom. The first kappa shape index (κ1) is 40.7. The van der Waals surface area contributed by atoms with Gasteiger partial charge in [-0.1, -0.05) is 42.5 Å². The number of ether oxygens (including phenoxy) is 2. The van der Waals surface area contributed by atoms with E-state index in [0.29, 0.717) is 11.3 Å². The van der Waals surface area contributed by atoms with Crippen LogP contribution in [-0.4, -0.2) is 72.5 Å². The van der Waals surface area contributed by atoms with E-state index in [1.807, 2.05) is 32.0 Å². The van der Waals surface area contributed by atoms with Gasteiger partial charge in [0.05, 0.1) is 23.6 Å². The van der Waals surface area contributed by atoms with E-state index in [1.54, 1.807) is 25.2 Å². The molecule has 13 heteroatoms. The molecule has 0 spiro atoms. The molecule has 279 valence electrons. The van der Waals surface area contributed by atoms with E-state index in [4.69, 9.17) is 9.84 Å². The predicted octanol–water partition coefficient (Wildman–Crippen LogP) is 5.62. The van der Waals surface area contributed by atoms with Crippen LogP contribution in [0.3, 0.4) is 0 Å². The van der Waals surface area contributed by atoms with E-state index in [-0.39, 0.29) is 72.8 Å². The molecule has 3 radical (unpaired) electrons. The van der Waals surface area contributed by atoms with Gasteiger partial charge in [-0.05, 0) is 105 Å². The van der Waals surface area contributed by atoms with Gasteiger partial charge >= 0.3 is 18.0 Å². The molecule has 4 aromatic carbocycles.